The largest absolute Gasteiger partial charge is 0.414 e. The maximum absolute atomic E-state index is 13.2. The normalized spacial score (nSPS) is 21.8. The fourth-order valence-electron chi connectivity index (χ4n) is 4.11. The Kier molecular flexibility index (Phi) is 4.73. The molecule has 1 saturated carbocycles. The smallest absolute Gasteiger partial charge is 0.388 e. The van der Waals surface area contributed by atoms with E-state index in [-0.39, 0.29) is 17.9 Å². The number of aliphatic hydroxyl groups is 1. The highest BCUT2D eigenvalue weighted by Gasteiger charge is 2.29. The van der Waals surface area contributed by atoms with Gasteiger partial charge in [-0.05, 0) is 62.4 Å². The van der Waals surface area contributed by atoms with Crippen LogP contribution in [0.4, 0.5) is 14.7 Å². The molecule has 0 atom stereocenters. The molecule has 0 amide bonds. The summed E-state index contributed by atoms with van der Waals surface area (Å²) < 4.78 is 34.4. The van der Waals surface area contributed by atoms with Crippen LogP contribution < -0.4 is 10.1 Å². The molecule has 2 N–H and O–H groups in total. The molecule has 0 aromatic carbocycles. The van der Waals surface area contributed by atoms with Crippen LogP contribution in [0.3, 0.4) is 0 Å². The van der Waals surface area contributed by atoms with E-state index in [1.807, 2.05) is 25.1 Å². The number of pyridine rings is 1. The van der Waals surface area contributed by atoms with E-state index in [2.05, 4.69) is 20.5 Å². The molecule has 0 aliphatic heterocycles. The highest BCUT2D eigenvalue weighted by Crippen LogP contribution is 2.34. The molecule has 1 fully saturated rings. The molecule has 4 aromatic heterocycles. The van der Waals surface area contributed by atoms with Crippen molar-refractivity contribution in [3.05, 3.63) is 42.9 Å². The standard InChI is InChI=1S/C21H22F2N6O2/c1-21(30)7-2-14(3-8-21)25-20-26-18(31-19(22)23)17-16(6-11-29(17)27-20)13-5-10-28-15(12-13)4-9-24-28/h4-6,9-12,14,19,30H,2-3,7-8H2,1H3,(H,25,27). The van der Waals surface area contributed by atoms with Gasteiger partial charge in [0.15, 0.2) is 0 Å². The maximum Gasteiger partial charge on any atom is 0.388 e. The second kappa shape index (κ2) is 7.45. The van der Waals surface area contributed by atoms with Gasteiger partial charge < -0.3 is 15.2 Å². The molecule has 8 nitrogen and oxygen atoms in total. The van der Waals surface area contributed by atoms with Crippen LogP contribution in [0.25, 0.3) is 22.2 Å². The molecule has 31 heavy (non-hydrogen) atoms. The third-order valence-electron chi connectivity index (χ3n) is 5.79. The zero-order valence-corrected chi connectivity index (χ0v) is 16.9. The third kappa shape index (κ3) is 3.90. The minimum absolute atomic E-state index is 0.0522. The van der Waals surface area contributed by atoms with Crippen LogP contribution in [0.1, 0.15) is 32.6 Å². The topological polar surface area (TPSA) is 89.0 Å². The van der Waals surface area contributed by atoms with Gasteiger partial charge in [-0.2, -0.15) is 18.9 Å². The van der Waals surface area contributed by atoms with Crippen molar-refractivity contribution in [2.75, 3.05) is 5.32 Å². The number of halogens is 2. The molecule has 5 rings (SSSR count). The van der Waals surface area contributed by atoms with Gasteiger partial charge in [0.25, 0.3) is 0 Å². The Bertz CT molecular complexity index is 1230. The predicted octanol–water partition coefficient (Wildman–Crippen LogP) is 3.75. The van der Waals surface area contributed by atoms with Crippen molar-refractivity contribution >= 4 is 17.0 Å². The van der Waals surface area contributed by atoms with Crippen molar-refractivity contribution in [2.45, 2.75) is 50.9 Å². The number of nitrogens with one attached hydrogen (secondary N) is 1. The average Bonchev–Trinajstić information content (AvgIpc) is 3.35. The number of alkyl halides is 2. The highest BCUT2D eigenvalue weighted by molar-refractivity contribution is 5.85. The summed E-state index contributed by atoms with van der Waals surface area (Å²) in [7, 11) is 0. The Morgan fingerprint density at radius 3 is 2.74 bits per heavy atom. The van der Waals surface area contributed by atoms with Gasteiger partial charge >= 0.3 is 6.61 Å². The summed E-state index contributed by atoms with van der Waals surface area (Å²) >= 11 is 0. The van der Waals surface area contributed by atoms with Crippen LogP contribution in [0.15, 0.2) is 42.9 Å². The van der Waals surface area contributed by atoms with Crippen LogP contribution in [0, 0.1) is 0 Å². The molecule has 0 saturated heterocycles. The van der Waals surface area contributed by atoms with Gasteiger partial charge in [-0.15, -0.1) is 5.10 Å². The molecule has 10 heteroatoms. The minimum Gasteiger partial charge on any atom is -0.414 e. The summed E-state index contributed by atoms with van der Waals surface area (Å²) in [5.41, 5.74) is 2.06. The Morgan fingerprint density at radius 2 is 1.97 bits per heavy atom. The van der Waals surface area contributed by atoms with Gasteiger partial charge in [-0.3, -0.25) is 0 Å². The Labute approximate surface area is 176 Å². The number of fused-ring (bicyclic) bond motifs is 2. The van der Waals surface area contributed by atoms with Gasteiger partial charge in [-0.1, -0.05) is 0 Å². The van der Waals surface area contributed by atoms with Crippen LogP contribution >= 0.6 is 0 Å². The summed E-state index contributed by atoms with van der Waals surface area (Å²) in [6, 6.07) is 7.47. The lowest BCUT2D eigenvalue weighted by molar-refractivity contribution is -0.0519. The lowest BCUT2D eigenvalue weighted by Crippen LogP contribution is -2.36. The first kappa shape index (κ1) is 19.7. The van der Waals surface area contributed by atoms with Crippen molar-refractivity contribution in [3.8, 4) is 17.0 Å². The predicted molar refractivity (Wildman–Crippen MR) is 110 cm³/mol. The van der Waals surface area contributed by atoms with E-state index in [0.717, 1.165) is 23.9 Å². The average molecular weight is 428 g/mol. The van der Waals surface area contributed by atoms with Crippen molar-refractivity contribution in [2.24, 2.45) is 0 Å². The van der Waals surface area contributed by atoms with Gasteiger partial charge in [0.05, 0.1) is 11.1 Å². The highest BCUT2D eigenvalue weighted by atomic mass is 19.3. The van der Waals surface area contributed by atoms with E-state index in [1.54, 1.807) is 29.2 Å². The summed E-state index contributed by atoms with van der Waals surface area (Å²) in [4.78, 5) is 4.26. The Morgan fingerprint density at radius 1 is 1.19 bits per heavy atom. The maximum atomic E-state index is 13.2. The molecule has 0 bridgehead atoms. The molecule has 162 valence electrons. The number of rotatable bonds is 5. The monoisotopic (exact) mass is 428 g/mol. The molecule has 4 aromatic rings. The molecular weight excluding hydrogens is 406 g/mol. The van der Waals surface area contributed by atoms with Gasteiger partial charge in [0, 0.05) is 30.2 Å². The lowest BCUT2D eigenvalue weighted by atomic mass is 9.84. The van der Waals surface area contributed by atoms with E-state index >= 15 is 0 Å². The zero-order chi connectivity index (χ0) is 21.6. The summed E-state index contributed by atoms with van der Waals surface area (Å²) in [6.45, 7) is -1.19. The van der Waals surface area contributed by atoms with Crippen LogP contribution in [-0.4, -0.2) is 47.6 Å². The van der Waals surface area contributed by atoms with Gasteiger partial charge in [0.2, 0.25) is 11.8 Å². The number of hydrogen-bond donors (Lipinski definition) is 2. The SMILES string of the molecule is CC1(O)CCC(Nc2nc(OC(F)F)c3c(-c4ccn5nccc5c4)ccn3n2)CC1. The third-order valence-corrected chi connectivity index (χ3v) is 5.79. The van der Waals surface area contributed by atoms with Crippen molar-refractivity contribution in [3.63, 3.8) is 0 Å². The van der Waals surface area contributed by atoms with E-state index in [0.29, 0.717) is 23.9 Å². The Hall–Kier alpha value is -3.27. The first-order chi connectivity index (χ1) is 14.9. The van der Waals surface area contributed by atoms with Crippen molar-refractivity contribution < 1.29 is 18.6 Å². The lowest BCUT2D eigenvalue weighted by Gasteiger charge is -2.33. The molecule has 0 spiro atoms. The fraction of sp³-hybridized carbons (Fsp3) is 0.381. The summed E-state index contributed by atoms with van der Waals surface area (Å²) in [5, 5.41) is 22.0. The van der Waals surface area contributed by atoms with Gasteiger partial charge in [0.1, 0.15) is 5.52 Å². The molecule has 0 radical (unpaired) electrons. The number of anilines is 1. The quantitative estimate of drug-likeness (QED) is 0.503. The number of hydrogen-bond acceptors (Lipinski definition) is 6. The first-order valence-electron chi connectivity index (χ1n) is 10.1. The number of aromatic nitrogens is 5. The van der Waals surface area contributed by atoms with Crippen molar-refractivity contribution in [1.29, 1.82) is 0 Å². The second-order valence-electron chi connectivity index (χ2n) is 8.17. The molecular formula is C21H22F2N6O2. The molecule has 4 heterocycles. The minimum atomic E-state index is -3.02. The first-order valence-corrected chi connectivity index (χ1v) is 10.1. The van der Waals surface area contributed by atoms with E-state index in [4.69, 9.17) is 4.74 Å². The Balaban J connectivity index is 1.52. The molecule has 1 aliphatic carbocycles. The zero-order valence-electron chi connectivity index (χ0n) is 16.9. The molecule has 0 unspecified atom stereocenters. The number of ether oxygens (including phenoxy) is 1. The van der Waals surface area contributed by atoms with Gasteiger partial charge in [-0.25, -0.2) is 9.03 Å². The number of nitrogens with zero attached hydrogens (tertiary/aromatic N) is 5. The second-order valence-corrected chi connectivity index (χ2v) is 8.17. The summed E-state index contributed by atoms with van der Waals surface area (Å²) in [5.74, 6) is 0.0202. The molecule has 1 aliphatic rings. The van der Waals surface area contributed by atoms with E-state index in [1.165, 1.54) is 4.52 Å². The summed E-state index contributed by atoms with van der Waals surface area (Å²) in [6.07, 6.45) is 7.96. The van der Waals surface area contributed by atoms with Crippen LogP contribution in [0.5, 0.6) is 5.88 Å². The van der Waals surface area contributed by atoms with Crippen LogP contribution in [0.2, 0.25) is 0 Å². The van der Waals surface area contributed by atoms with Crippen molar-refractivity contribution in [1.82, 2.24) is 24.2 Å². The van der Waals surface area contributed by atoms with E-state index < -0.39 is 12.2 Å². The van der Waals surface area contributed by atoms with Crippen LogP contribution in [-0.2, 0) is 0 Å². The fourth-order valence-corrected chi connectivity index (χ4v) is 4.11. The van der Waals surface area contributed by atoms with E-state index in [9.17, 15) is 13.9 Å².